The summed E-state index contributed by atoms with van der Waals surface area (Å²) in [5.41, 5.74) is 2.42. The number of anilines is 1. The molecule has 3 saturated carbocycles. The number of hydrogen-bond donors (Lipinski definition) is 2. The highest BCUT2D eigenvalue weighted by atomic mass is 79.9. The Bertz CT molecular complexity index is 1210. The van der Waals surface area contributed by atoms with Crippen molar-refractivity contribution in [2.45, 2.75) is 46.1 Å². The molecular weight excluding hydrogens is 546 g/mol. The van der Waals surface area contributed by atoms with Crippen LogP contribution in [0.5, 0.6) is 0 Å². The molecule has 6 rings (SSSR count). The quantitative estimate of drug-likeness (QED) is 0.413. The molecule has 3 aliphatic carbocycles. The van der Waals surface area contributed by atoms with Crippen LogP contribution in [-0.2, 0) is 11.3 Å². The molecule has 8 heteroatoms. The number of carbonyl (C=O) groups is 3. The second kappa shape index (κ2) is 10.7. The number of rotatable bonds is 8. The van der Waals surface area contributed by atoms with Gasteiger partial charge in [-0.25, -0.2) is 4.79 Å². The maximum Gasteiger partial charge on any atom is 0.324 e. The fourth-order valence-corrected chi connectivity index (χ4v) is 7.18. The van der Waals surface area contributed by atoms with Gasteiger partial charge in [0.2, 0.25) is 0 Å². The molecule has 7 nitrogen and oxygen atoms in total. The fraction of sp³-hybridized carbons (Fsp3) is 0.500. The number of carbonyl (C=O) groups excluding carboxylic acids is 2. The highest BCUT2D eigenvalue weighted by Gasteiger charge is 2.54. The van der Waals surface area contributed by atoms with Crippen LogP contribution < -0.4 is 10.2 Å². The number of fused-ring (bicyclic) bond motifs is 2. The summed E-state index contributed by atoms with van der Waals surface area (Å²) in [5, 5.41) is 12.6. The third-order valence-electron chi connectivity index (χ3n) is 9.17. The Kier molecular flexibility index (Phi) is 7.54. The number of nitrogens with one attached hydrogen (secondary N) is 1. The first-order valence-corrected chi connectivity index (χ1v) is 14.3. The van der Waals surface area contributed by atoms with Crippen LogP contribution >= 0.6 is 15.9 Å². The number of nitrogens with zero attached hydrogens (tertiary/aromatic N) is 2. The Morgan fingerprint density at radius 2 is 1.82 bits per heavy atom. The van der Waals surface area contributed by atoms with E-state index < -0.39 is 5.97 Å². The maximum atomic E-state index is 13.6. The zero-order chi connectivity index (χ0) is 27.0. The van der Waals surface area contributed by atoms with Crippen LogP contribution in [0.15, 0.2) is 53.0 Å². The van der Waals surface area contributed by atoms with Crippen LogP contribution in [0.25, 0.3) is 0 Å². The number of halogens is 1. The van der Waals surface area contributed by atoms with E-state index in [1.165, 1.54) is 19.3 Å². The Hall–Kier alpha value is -2.87. The van der Waals surface area contributed by atoms with Crippen molar-refractivity contribution < 1.29 is 19.5 Å². The molecular formula is C30H36BrN3O4. The summed E-state index contributed by atoms with van der Waals surface area (Å²) in [6, 6.07) is 14.7. The number of urea groups is 1. The lowest BCUT2D eigenvalue weighted by molar-refractivity contribution is -0.138. The standard InChI is InChI=1S/C30H36BrN3O4/c1-30(2)22-8-7-20(26(30)14-22)15-32-28(37)25-6-4-3-5-21(25)18-33-16-19(13-27(35)36)17-34(29(33)38)24-11-9-23(31)10-12-24/h3-6,9-12,19-20,22,26H,7-8,13-18H2,1-2H3,(H,32,37)(H,35,36)/t19?,20-,22-,26-/m0/s1. The van der Waals surface area contributed by atoms with Crippen molar-refractivity contribution in [1.82, 2.24) is 10.2 Å². The summed E-state index contributed by atoms with van der Waals surface area (Å²) in [4.78, 5) is 41.7. The second-order valence-corrected chi connectivity index (χ2v) is 12.7. The highest BCUT2D eigenvalue weighted by molar-refractivity contribution is 9.10. The van der Waals surface area contributed by atoms with Gasteiger partial charge in [0, 0.05) is 47.8 Å². The number of carboxylic acid groups (broad SMARTS) is 1. The topological polar surface area (TPSA) is 89.9 Å². The van der Waals surface area contributed by atoms with Crippen molar-refractivity contribution in [2.24, 2.45) is 29.1 Å². The first-order valence-electron chi connectivity index (χ1n) is 13.5. The normalized spacial score (nSPS) is 26.0. The van der Waals surface area contributed by atoms with Gasteiger partial charge in [-0.3, -0.25) is 14.5 Å². The minimum absolute atomic E-state index is 0.0291. The van der Waals surface area contributed by atoms with Crippen LogP contribution in [0.2, 0.25) is 0 Å². The average Bonchev–Trinajstić information content (AvgIpc) is 2.89. The van der Waals surface area contributed by atoms with Crippen molar-refractivity contribution in [3.05, 3.63) is 64.1 Å². The molecule has 1 heterocycles. The third-order valence-corrected chi connectivity index (χ3v) is 9.70. The van der Waals surface area contributed by atoms with Crippen LogP contribution in [0, 0.1) is 29.1 Å². The highest BCUT2D eigenvalue weighted by Crippen LogP contribution is 2.61. The molecule has 38 heavy (non-hydrogen) atoms. The molecule has 1 aliphatic heterocycles. The number of hydrogen-bond acceptors (Lipinski definition) is 3. The third kappa shape index (κ3) is 5.33. The van der Waals surface area contributed by atoms with Gasteiger partial charge >= 0.3 is 12.0 Å². The lowest BCUT2D eigenvalue weighted by Gasteiger charge is -2.60. The van der Waals surface area contributed by atoms with Crippen molar-refractivity contribution in [1.29, 1.82) is 0 Å². The first-order chi connectivity index (χ1) is 18.1. The molecule has 1 unspecified atom stereocenters. The van der Waals surface area contributed by atoms with Crippen molar-refractivity contribution in [2.75, 3.05) is 24.5 Å². The maximum absolute atomic E-state index is 13.6. The predicted molar refractivity (Wildman–Crippen MR) is 150 cm³/mol. The minimum Gasteiger partial charge on any atom is -0.481 e. The van der Waals surface area contributed by atoms with E-state index >= 15 is 0 Å². The van der Waals surface area contributed by atoms with Gasteiger partial charge in [-0.1, -0.05) is 48.0 Å². The second-order valence-electron chi connectivity index (χ2n) is 11.8. The van der Waals surface area contributed by atoms with Gasteiger partial charge in [0.05, 0.1) is 6.42 Å². The van der Waals surface area contributed by atoms with Crippen molar-refractivity contribution in [3.8, 4) is 0 Å². The predicted octanol–water partition coefficient (Wildman–Crippen LogP) is 5.78. The van der Waals surface area contributed by atoms with Crippen LogP contribution in [0.3, 0.4) is 0 Å². The summed E-state index contributed by atoms with van der Waals surface area (Å²) in [5.74, 6) is 0.768. The van der Waals surface area contributed by atoms with E-state index in [0.717, 1.165) is 21.6 Å². The molecule has 4 atom stereocenters. The monoisotopic (exact) mass is 581 g/mol. The molecule has 202 valence electrons. The van der Waals surface area contributed by atoms with Crippen LogP contribution in [0.4, 0.5) is 10.5 Å². The van der Waals surface area contributed by atoms with Crippen LogP contribution in [0.1, 0.15) is 55.5 Å². The molecule has 2 aromatic rings. The minimum atomic E-state index is -0.886. The molecule has 0 spiro atoms. The number of aliphatic carboxylic acids is 1. The van der Waals surface area contributed by atoms with Gasteiger partial charge in [0.25, 0.3) is 5.91 Å². The van der Waals surface area contributed by atoms with E-state index in [-0.39, 0.29) is 30.8 Å². The van der Waals surface area contributed by atoms with Gasteiger partial charge in [-0.05, 0) is 78.3 Å². The van der Waals surface area contributed by atoms with Crippen molar-refractivity contribution in [3.63, 3.8) is 0 Å². The lowest BCUT2D eigenvalue weighted by atomic mass is 9.45. The van der Waals surface area contributed by atoms with Gasteiger partial charge in [-0.2, -0.15) is 0 Å². The Morgan fingerprint density at radius 1 is 1.08 bits per heavy atom. The van der Waals surface area contributed by atoms with Crippen molar-refractivity contribution >= 4 is 39.5 Å². The average molecular weight is 583 g/mol. The summed E-state index contributed by atoms with van der Waals surface area (Å²) >= 11 is 3.43. The van der Waals surface area contributed by atoms with E-state index in [4.69, 9.17) is 0 Å². The molecule has 0 aromatic heterocycles. The van der Waals surface area contributed by atoms with Gasteiger partial charge in [-0.15, -0.1) is 0 Å². The van der Waals surface area contributed by atoms with E-state index in [2.05, 4.69) is 35.1 Å². The van der Waals surface area contributed by atoms with Gasteiger partial charge < -0.3 is 15.3 Å². The summed E-state index contributed by atoms with van der Waals surface area (Å²) in [6.07, 6.45) is 3.65. The van der Waals surface area contributed by atoms with E-state index in [1.807, 2.05) is 48.5 Å². The number of carboxylic acids is 1. The zero-order valence-electron chi connectivity index (χ0n) is 22.0. The molecule has 2 N–H and O–H groups in total. The Labute approximate surface area is 232 Å². The van der Waals surface area contributed by atoms with Gasteiger partial charge in [0.1, 0.15) is 0 Å². The number of amides is 3. The molecule has 3 amide bonds. The Balaban J connectivity index is 1.31. The lowest BCUT2D eigenvalue weighted by Crippen LogP contribution is -2.54. The molecule has 2 bridgehead atoms. The fourth-order valence-electron chi connectivity index (χ4n) is 6.91. The molecule has 4 aliphatic rings. The first kappa shape index (κ1) is 26.7. The zero-order valence-corrected chi connectivity index (χ0v) is 23.6. The summed E-state index contributed by atoms with van der Waals surface area (Å²) < 4.78 is 0.901. The van der Waals surface area contributed by atoms with E-state index in [1.54, 1.807) is 9.80 Å². The SMILES string of the molecule is CC1(C)[C@H]2CC[C@@H](CNC(=O)c3ccccc3CN3CC(CC(=O)O)CN(c4ccc(Br)cc4)C3=O)[C@@H]1C2. The summed E-state index contributed by atoms with van der Waals surface area (Å²) in [7, 11) is 0. The van der Waals surface area contributed by atoms with Gasteiger partial charge in [0.15, 0.2) is 0 Å². The molecule has 4 fully saturated rings. The van der Waals surface area contributed by atoms with E-state index in [9.17, 15) is 19.5 Å². The number of benzene rings is 2. The van der Waals surface area contributed by atoms with Crippen LogP contribution in [-0.4, -0.2) is 47.5 Å². The van der Waals surface area contributed by atoms with E-state index in [0.29, 0.717) is 42.4 Å². The summed E-state index contributed by atoms with van der Waals surface area (Å²) in [6.45, 7) is 6.31. The Morgan fingerprint density at radius 3 is 2.50 bits per heavy atom. The smallest absolute Gasteiger partial charge is 0.324 e. The molecule has 0 radical (unpaired) electrons. The molecule has 2 aromatic carbocycles. The molecule has 1 saturated heterocycles. The largest absolute Gasteiger partial charge is 0.481 e.